The number of hydrogen-bond acceptors (Lipinski definition) is 4. The summed E-state index contributed by atoms with van der Waals surface area (Å²) in [7, 11) is -4.68. The third-order valence-electron chi connectivity index (χ3n) is 2.20. The van der Waals surface area contributed by atoms with Gasteiger partial charge < -0.3 is 14.9 Å². The third-order valence-corrected chi connectivity index (χ3v) is 2.58. The molecule has 0 unspecified atom stereocenters. The highest BCUT2D eigenvalue weighted by Crippen LogP contribution is 2.24. The second-order valence-corrected chi connectivity index (χ2v) is 4.11. The van der Waals surface area contributed by atoms with E-state index in [9.17, 15) is 13.0 Å². The van der Waals surface area contributed by atoms with Crippen LogP contribution in [0.4, 0.5) is 0 Å². The summed E-state index contributed by atoms with van der Waals surface area (Å²) >= 11 is 0. The standard InChI is InChI=1S/C9H12O4S.H3N/c1-6-4-5-9(8(3)7(6)2)13-14(10,11)12;/h4-5H,1-3H3,(H,10,11,12);1H3. The first-order valence-electron chi connectivity index (χ1n) is 4.03. The molecule has 0 spiro atoms. The van der Waals surface area contributed by atoms with E-state index in [1.54, 1.807) is 13.0 Å². The second kappa shape index (κ2) is 4.61. The van der Waals surface area contributed by atoms with E-state index in [0.29, 0.717) is 5.56 Å². The van der Waals surface area contributed by atoms with Gasteiger partial charge in [0, 0.05) is 0 Å². The molecule has 15 heavy (non-hydrogen) atoms. The van der Waals surface area contributed by atoms with Crippen molar-refractivity contribution in [3.05, 3.63) is 28.8 Å². The average Bonchev–Trinajstić information content (AvgIpc) is 2.04. The molecule has 5 nitrogen and oxygen atoms in total. The van der Waals surface area contributed by atoms with Crippen molar-refractivity contribution in [3.8, 4) is 5.75 Å². The number of aryl methyl sites for hydroxylation is 1. The largest absolute Gasteiger partial charge is 0.716 e. The highest BCUT2D eigenvalue weighted by atomic mass is 32.3. The van der Waals surface area contributed by atoms with Crippen LogP contribution in [0.15, 0.2) is 12.1 Å². The summed E-state index contributed by atoms with van der Waals surface area (Å²) in [4.78, 5) is 0. The van der Waals surface area contributed by atoms with Gasteiger partial charge in [-0.2, -0.15) is 0 Å². The summed E-state index contributed by atoms with van der Waals surface area (Å²) in [6.07, 6.45) is 0. The van der Waals surface area contributed by atoms with Crippen LogP contribution in [0.1, 0.15) is 16.7 Å². The van der Waals surface area contributed by atoms with Gasteiger partial charge in [-0.25, -0.2) is 8.42 Å². The van der Waals surface area contributed by atoms with Crippen LogP contribution in [-0.2, 0) is 10.4 Å². The Hall–Kier alpha value is -1.11. The van der Waals surface area contributed by atoms with Gasteiger partial charge in [0.05, 0.1) is 0 Å². The SMILES string of the molecule is Cc1ccc(OS(=O)(=O)[O-])c(C)c1C.[NH4+]. The maximum absolute atomic E-state index is 10.4. The van der Waals surface area contributed by atoms with E-state index >= 15 is 0 Å². The number of benzene rings is 1. The minimum atomic E-state index is -4.68. The maximum atomic E-state index is 10.4. The molecule has 0 heterocycles. The topological polar surface area (TPSA) is 103 Å². The third kappa shape index (κ3) is 3.50. The van der Waals surface area contributed by atoms with Gasteiger partial charge in [-0.1, -0.05) is 6.07 Å². The lowest BCUT2D eigenvalue weighted by atomic mass is 10.0. The fourth-order valence-electron chi connectivity index (χ4n) is 1.13. The van der Waals surface area contributed by atoms with E-state index in [4.69, 9.17) is 0 Å². The van der Waals surface area contributed by atoms with Crippen molar-refractivity contribution in [1.82, 2.24) is 6.15 Å². The Morgan fingerprint density at radius 1 is 1.13 bits per heavy atom. The highest BCUT2D eigenvalue weighted by Gasteiger charge is 2.06. The van der Waals surface area contributed by atoms with Crippen molar-refractivity contribution in [2.24, 2.45) is 0 Å². The van der Waals surface area contributed by atoms with Gasteiger partial charge in [-0.15, -0.1) is 0 Å². The Kier molecular flexibility index (Phi) is 4.27. The normalized spacial score (nSPS) is 10.7. The molecule has 4 N–H and O–H groups in total. The fraction of sp³-hybridized carbons (Fsp3) is 0.333. The van der Waals surface area contributed by atoms with Gasteiger partial charge in [0.1, 0.15) is 5.75 Å². The summed E-state index contributed by atoms with van der Waals surface area (Å²) in [6.45, 7) is 5.45. The van der Waals surface area contributed by atoms with E-state index in [0.717, 1.165) is 11.1 Å². The Balaban J connectivity index is 0.00000196. The Morgan fingerprint density at radius 2 is 1.67 bits per heavy atom. The van der Waals surface area contributed by atoms with Gasteiger partial charge in [-0.3, -0.25) is 0 Å². The van der Waals surface area contributed by atoms with Crippen LogP contribution < -0.4 is 10.3 Å². The predicted octanol–water partition coefficient (Wildman–Crippen LogP) is 1.83. The molecule has 0 saturated carbocycles. The van der Waals surface area contributed by atoms with Crippen molar-refractivity contribution in [3.63, 3.8) is 0 Å². The summed E-state index contributed by atoms with van der Waals surface area (Å²) in [5.74, 6) is 0.100. The van der Waals surface area contributed by atoms with Crippen molar-refractivity contribution in [1.29, 1.82) is 0 Å². The highest BCUT2D eigenvalue weighted by molar-refractivity contribution is 7.81. The molecule has 0 saturated heterocycles. The van der Waals surface area contributed by atoms with Crippen LogP contribution in [0.5, 0.6) is 5.75 Å². The lowest BCUT2D eigenvalue weighted by Gasteiger charge is -2.13. The summed E-state index contributed by atoms with van der Waals surface area (Å²) in [5, 5.41) is 0. The Labute approximate surface area is 89.6 Å². The number of rotatable bonds is 2. The van der Waals surface area contributed by atoms with E-state index < -0.39 is 10.4 Å². The lowest BCUT2D eigenvalue weighted by molar-refractivity contribution is 0.371. The molecule has 0 atom stereocenters. The molecule has 1 aromatic rings. The van der Waals surface area contributed by atoms with Crippen molar-refractivity contribution in [2.45, 2.75) is 20.8 Å². The molecule has 6 heteroatoms. The van der Waals surface area contributed by atoms with Crippen LogP contribution in [0.25, 0.3) is 0 Å². The zero-order chi connectivity index (χ0) is 10.9. The molecule has 0 aliphatic heterocycles. The van der Waals surface area contributed by atoms with Crippen LogP contribution in [0.3, 0.4) is 0 Å². The van der Waals surface area contributed by atoms with Crippen LogP contribution in [-0.4, -0.2) is 13.0 Å². The van der Waals surface area contributed by atoms with Crippen molar-refractivity contribution < 1.29 is 17.2 Å². The maximum Gasteiger partial charge on any atom is 0.262 e. The number of quaternary nitrogens is 1. The van der Waals surface area contributed by atoms with Crippen molar-refractivity contribution in [2.75, 3.05) is 0 Å². The zero-order valence-electron chi connectivity index (χ0n) is 9.20. The fourth-order valence-corrected chi connectivity index (χ4v) is 1.53. The van der Waals surface area contributed by atoms with E-state index in [-0.39, 0.29) is 11.9 Å². The van der Waals surface area contributed by atoms with Gasteiger partial charge in [0.2, 0.25) is 0 Å². The van der Waals surface area contributed by atoms with Gasteiger partial charge in [-0.05, 0) is 43.5 Å². The molecule has 0 amide bonds. The van der Waals surface area contributed by atoms with Gasteiger partial charge in [0.15, 0.2) is 0 Å². The molecule has 0 radical (unpaired) electrons. The molecule has 0 aliphatic carbocycles. The van der Waals surface area contributed by atoms with E-state index in [2.05, 4.69) is 4.18 Å². The molecule has 0 fully saturated rings. The Morgan fingerprint density at radius 3 is 2.13 bits per heavy atom. The first-order chi connectivity index (χ1) is 6.31. The molecule has 0 aliphatic rings. The zero-order valence-corrected chi connectivity index (χ0v) is 10.0. The van der Waals surface area contributed by atoms with Crippen LogP contribution >= 0.6 is 0 Å². The monoisotopic (exact) mass is 233 g/mol. The van der Waals surface area contributed by atoms with Crippen LogP contribution in [0.2, 0.25) is 0 Å². The smallest absolute Gasteiger partial charge is 0.262 e. The number of hydrogen-bond donors (Lipinski definition) is 1. The van der Waals surface area contributed by atoms with E-state index in [1.165, 1.54) is 6.07 Å². The lowest BCUT2D eigenvalue weighted by Crippen LogP contribution is -2.08. The molecule has 0 bridgehead atoms. The molecule has 0 aromatic heterocycles. The molecule has 86 valence electrons. The molecule has 1 aromatic carbocycles. The second-order valence-electron chi connectivity index (χ2n) is 3.12. The first-order valence-corrected chi connectivity index (χ1v) is 5.36. The minimum Gasteiger partial charge on any atom is -0.716 e. The molecular formula is C9H15NO4S. The average molecular weight is 233 g/mol. The quantitative estimate of drug-likeness (QED) is 0.621. The summed E-state index contributed by atoms with van der Waals surface area (Å²) in [5.41, 5.74) is 2.62. The van der Waals surface area contributed by atoms with E-state index in [1.807, 2.05) is 13.8 Å². The Bertz CT molecular complexity index is 453. The molecule has 1 rings (SSSR count). The van der Waals surface area contributed by atoms with Gasteiger partial charge in [0.25, 0.3) is 10.4 Å². The minimum absolute atomic E-state index is 0. The predicted molar refractivity (Wildman–Crippen MR) is 57.0 cm³/mol. The molecular weight excluding hydrogens is 218 g/mol. The summed E-state index contributed by atoms with van der Waals surface area (Å²) < 4.78 is 35.4. The van der Waals surface area contributed by atoms with Crippen molar-refractivity contribution >= 4 is 10.4 Å². The summed E-state index contributed by atoms with van der Waals surface area (Å²) in [6, 6.07) is 3.19. The first kappa shape index (κ1) is 13.9. The van der Waals surface area contributed by atoms with Gasteiger partial charge >= 0.3 is 0 Å². The van der Waals surface area contributed by atoms with Crippen LogP contribution in [0, 0.1) is 20.8 Å².